The highest BCUT2D eigenvalue weighted by atomic mass is 35.6. The van der Waals surface area contributed by atoms with E-state index in [0.29, 0.717) is 12.1 Å². The molecule has 0 unspecified atom stereocenters. The Morgan fingerprint density at radius 1 is 1.07 bits per heavy atom. The van der Waals surface area contributed by atoms with Crippen LogP contribution in [0.1, 0.15) is 68.6 Å². The van der Waals surface area contributed by atoms with Crippen molar-refractivity contribution >= 4 is 52.4 Å². The molecule has 0 aliphatic carbocycles. The summed E-state index contributed by atoms with van der Waals surface area (Å²) < 4.78 is -1.80. The first-order chi connectivity index (χ1) is 12.7. The van der Waals surface area contributed by atoms with Gasteiger partial charge in [0, 0.05) is 12.1 Å². The molecule has 0 saturated heterocycles. The first-order valence-corrected chi connectivity index (χ1v) is 10.3. The highest BCUT2D eigenvalue weighted by Crippen LogP contribution is 2.31. The monoisotopic (exact) mass is 436 g/mol. The Labute approximate surface area is 175 Å². The van der Waals surface area contributed by atoms with Crippen LogP contribution in [0.4, 0.5) is 5.69 Å². The van der Waals surface area contributed by atoms with Gasteiger partial charge in [-0.25, -0.2) is 4.79 Å². The summed E-state index contributed by atoms with van der Waals surface area (Å²) in [6.07, 6.45) is 7.13. The number of amides is 1. The van der Waals surface area contributed by atoms with Crippen molar-refractivity contribution in [1.29, 1.82) is 0 Å². The predicted octanol–water partition coefficient (Wildman–Crippen LogP) is 5.75. The number of carboxylic acids is 1. The van der Waals surface area contributed by atoms with E-state index in [0.717, 1.165) is 19.3 Å². The number of carbonyl (C=O) groups excluding carboxylic acids is 1. The fourth-order valence-corrected chi connectivity index (χ4v) is 2.91. The molecule has 27 heavy (non-hydrogen) atoms. The zero-order valence-electron chi connectivity index (χ0n) is 15.4. The number of unbranched alkanes of at least 4 members (excludes halogenated alkanes) is 6. The summed E-state index contributed by atoms with van der Waals surface area (Å²) in [4.78, 5) is 23.2. The van der Waals surface area contributed by atoms with Gasteiger partial charge in [0.2, 0.25) is 9.70 Å². The predicted molar refractivity (Wildman–Crippen MR) is 112 cm³/mol. The molecule has 0 spiro atoms. The maximum atomic E-state index is 12.2. The van der Waals surface area contributed by atoms with Gasteiger partial charge in [-0.1, -0.05) is 86.3 Å². The smallest absolute Gasteiger partial charge is 0.335 e. The van der Waals surface area contributed by atoms with Crippen LogP contribution in [-0.4, -0.2) is 26.9 Å². The minimum atomic E-state index is -1.80. The second-order valence-electron chi connectivity index (χ2n) is 6.44. The minimum Gasteiger partial charge on any atom is -0.478 e. The second kappa shape index (κ2) is 12.3. The normalized spacial score (nSPS) is 12.4. The summed E-state index contributed by atoms with van der Waals surface area (Å²) in [5, 5.41) is 14.6. The van der Waals surface area contributed by atoms with E-state index < -0.39 is 15.9 Å². The number of aromatic carboxylic acids is 1. The first kappa shape index (κ1) is 23.9. The van der Waals surface area contributed by atoms with Crippen molar-refractivity contribution in [3.8, 4) is 0 Å². The summed E-state index contributed by atoms with van der Waals surface area (Å²) in [6, 6.07) is 6.07. The Morgan fingerprint density at radius 3 is 2.30 bits per heavy atom. The zero-order valence-corrected chi connectivity index (χ0v) is 17.7. The number of benzene rings is 1. The van der Waals surface area contributed by atoms with Crippen molar-refractivity contribution in [3.63, 3.8) is 0 Å². The van der Waals surface area contributed by atoms with Gasteiger partial charge in [-0.3, -0.25) is 4.79 Å². The summed E-state index contributed by atoms with van der Waals surface area (Å²) in [6.45, 7) is 2.18. The molecule has 0 aliphatic heterocycles. The van der Waals surface area contributed by atoms with Gasteiger partial charge >= 0.3 is 5.97 Å². The Balaban J connectivity index is 2.52. The van der Waals surface area contributed by atoms with Crippen molar-refractivity contribution in [2.24, 2.45) is 0 Å². The van der Waals surface area contributed by atoms with Crippen LogP contribution in [0.15, 0.2) is 24.3 Å². The Morgan fingerprint density at radius 2 is 1.70 bits per heavy atom. The van der Waals surface area contributed by atoms with Crippen molar-refractivity contribution < 1.29 is 14.7 Å². The average molecular weight is 438 g/mol. The van der Waals surface area contributed by atoms with Gasteiger partial charge in [0.25, 0.3) is 0 Å². The highest BCUT2D eigenvalue weighted by molar-refractivity contribution is 6.68. The molecular formula is C19H27Cl3N2O3. The molecule has 0 saturated carbocycles. The molecule has 0 fully saturated rings. The van der Waals surface area contributed by atoms with Gasteiger partial charge in [-0.2, -0.15) is 0 Å². The largest absolute Gasteiger partial charge is 0.478 e. The second-order valence-corrected chi connectivity index (χ2v) is 8.81. The summed E-state index contributed by atoms with van der Waals surface area (Å²) >= 11 is 17.9. The Kier molecular flexibility index (Phi) is 10.9. The molecule has 5 nitrogen and oxygen atoms in total. The Hall–Kier alpha value is -1.17. The molecule has 0 radical (unpaired) electrons. The zero-order chi connectivity index (χ0) is 20.3. The van der Waals surface area contributed by atoms with E-state index in [9.17, 15) is 9.59 Å². The first-order valence-electron chi connectivity index (χ1n) is 9.20. The quantitative estimate of drug-likeness (QED) is 0.221. The molecule has 1 amide bonds. The number of anilines is 1. The molecule has 1 atom stereocenters. The van der Waals surface area contributed by atoms with Gasteiger partial charge in [-0.15, -0.1) is 0 Å². The molecule has 152 valence electrons. The number of nitrogens with one attached hydrogen (secondary N) is 2. The maximum absolute atomic E-state index is 12.2. The van der Waals surface area contributed by atoms with Gasteiger partial charge in [-0.05, 0) is 24.6 Å². The lowest BCUT2D eigenvalue weighted by atomic mass is 10.1. The molecule has 0 heterocycles. The third kappa shape index (κ3) is 10.1. The van der Waals surface area contributed by atoms with Crippen LogP contribution in [0.3, 0.4) is 0 Å². The number of alkyl halides is 3. The van der Waals surface area contributed by atoms with Crippen LogP contribution < -0.4 is 10.6 Å². The van der Waals surface area contributed by atoms with Crippen LogP contribution in [0.5, 0.6) is 0 Å². The van der Waals surface area contributed by atoms with Crippen LogP contribution in [0.2, 0.25) is 0 Å². The van der Waals surface area contributed by atoms with Gasteiger partial charge in [0.1, 0.15) is 6.17 Å². The van der Waals surface area contributed by atoms with E-state index in [1.54, 1.807) is 12.1 Å². The minimum absolute atomic E-state index is 0.0949. The van der Waals surface area contributed by atoms with E-state index in [4.69, 9.17) is 39.9 Å². The van der Waals surface area contributed by atoms with Crippen LogP contribution in [0.25, 0.3) is 0 Å². The maximum Gasteiger partial charge on any atom is 0.335 e. The molecule has 0 aromatic heterocycles. The fourth-order valence-electron chi connectivity index (χ4n) is 2.58. The molecule has 1 aromatic carbocycles. The van der Waals surface area contributed by atoms with Crippen molar-refractivity contribution in [1.82, 2.24) is 5.32 Å². The van der Waals surface area contributed by atoms with Crippen molar-refractivity contribution in [3.05, 3.63) is 29.8 Å². The van der Waals surface area contributed by atoms with Crippen molar-refractivity contribution in [2.45, 2.75) is 68.2 Å². The molecule has 1 aromatic rings. The van der Waals surface area contributed by atoms with Crippen molar-refractivity contribution in [2.75, 3.05) is 5.32 Å². The summed E-state index contributed by atoms with van der Waals surface area (Å²) in [5.74, 6) is -1.28. The van der Waals surface area contributed by atoms with Gasteiger partial charge < -0.3 is 15.7 Å². The lowest BCUT2D eigenvalue weighted by molar-refractivity contribution is -0.121. The molecule has 8 heteroatoms. The van der Waals surface area contributed by atoms with Crippen LogP contribution >= 0.6 is 34.8 Å². The van der Waals surface area contributed by atoms with E-state index in [-0.39, 0.29) is 11.5 Å². The van der Waals surface area contributed by atoms with E-state index in [1.807, 2.05) is 0 Å². The number of carboxylic acid groups (broad SMARTS) is 1. The lowest BCUT2D eigenvalue weighted by Crippen LogP contribution is -2.49. The molecule has 0 aliphatic rings. The van der Waals surface area contributed by atoms with Crippen LogP contribution in [0, 0.1) is 0 Å². The number of hydrogen-bond acceptors (Lipinski definition) is 3. The SMILES string of the molecule is CCCCCCCCCC(=O)N[C@@H](Nc1cccc(C(=O)O)c1)C(Cl)(Cl)Cl. The number of hydrogen-bond donors (Lipinski definition) is 3. The average Bonchev–Trinajstić information content (AvgIpc) is 2.60. The molecule has 0 bridgehead atoms. The topological polar surface area (TPSA) is 78.4 Å². The summed E-state index contributed by atoms with van der Waals surface area (Å²) in [5.41, 5.74) is 0.528. The van der Waals surface area contributed by atoms with E-state index >= 15 is 0 Å². The number of carbonyl (C=O) groups is 2. The lowest BCUT2D eigenvalue weighted by Gasteiger charge is -2.27. The number of halogens is 3. The van der Waals surface area contributed by atoms with Gasteiger partial charge in [0.15, 0.2) is 0 Å². The third-order valence-corrected chi connectivity index (χ3v) is 4.72. The van der Waals surface area contributed by atoms with Crippen LogP contribution in [-0.2, 0) is 4.79 Å². The van der Waals surface area contributed by atoms with Gasteiger partial charge in [0.05, 0.1) is 5.56 Å². The third-order valence-electron chi connectivity index (χ3n) is 4.06. The fraction of sp³-hybridized carbons (Fsp3) is 0.579. The molecule has 1 rings (SSSR count). The van der Waals surface area contributed by atoms with E-state index in [1.165, 1.54) is 37.8 Å². The summed E-state index contributed by atoms with van der Waals surface area (Å²) in [7, 11) is 0. The standard InChI is InChI=1S/C19H27Cl3N2O3/c1-2-3-4-5-6-7-8-12-16(25)24-18(19(20,21)22)23-15-11-9-10-14(13-15)17(26)27/h9-11,13,18,23H,2-8,12H2,1H3,(H,24,25)(H,26,27)/t18-/m1/s1. The van der Waals surface area contributed by atoms with E-state index in [2.05, 4.69) is 17.6 Å². The Bertz CT molecular complexity index is 606. The molecular weight excluding hydrogens is 411 g/mol. The number of rotatable bonds is 12. The molecule has 3 N–H and O–H groups in total. The highest BCUT2D eigenvalue weighted by Gasteiger charge is 2.34.